The fraction of sp³-hybridized carbons (Fsp3) is 0.500. The number of alkyl halides is 1. The summed E-state index contributed by atoms with van der Waals surface area (Å²) in [4.78, 5) is 13.3. The van der Waals surface area contributed by atoms with Gasteiger partial charge < -0.3 is 5.32 Å². The van der Waals surface area contributed by atoms with Crippen LogP contribution in [0.25, 0.3) is 0 Å². The van der Waals surface area contributed by atoms with Crippen LogP contribution in [0.2, 0.25) is 0 Å². The van der Waals surface area contributed by atoms with Gasteiger partial charge in [0.25, 0.3) is 0 Å². The van der Waals surface area contributed by atoms with Crippen molar-refractivity contribution in [3.05, 3.63) is 29.8 Å². The predicted molar refractivity (Wildman–Crippen MR) is 80.2 cm³/mol. The highest BCUT2D eigenvalue weighted by Gasteiger charge is 2.25. The minimum absolute atomic E-state index is 0.0942. The van der Waals surface area contributed by atoms with Gasteiger partial charge in [-0.25, -0.2) is 0 Å². The topological polar surface area (TPSA) is 29.1 Å². The molecule has 1 N–H and O–H groups in total. The average molecular weight is 328 g/mol. The molecule has 1 aromatic rings. The van der Waals surface area contributed by atoms with E-state index in [2.05, 4.69) is 39.4 Å². The van der Waals surface area contributed by atoms with Crippen molar-refractivity contribution in [1.29, 1.82) is 0 Å². The zero-order chi connectivity index (χ0) is 13.1. The molecule has 1 amide bonds. The van der Waals surface area contributed by atoms with Gasteiger partial charge in [-0.1, -0.05) is 48.0 Å². The van der Waals surface area contributed by atoms with Crippen molar-refractivity contribution in [2.45, 2.75) is 36.0 Å². The number of carbonyl (C=O) groups is 1. The molecule has 4 heteroatoms. The Balaban J connectivity index is 2.10. The first-order chi connectivity index (χ1) is 8.59. The van der Waals surface area contributed by atoms with Crippen LogP contribution in [-0.4, -0.2) is 16.5 Å². The minimum atomic E-state index is -0.112. The highest BCUT2D eigenvalue weighted by atomic mass is 79.9. The van der Waals surface area contributed by atoms with Crippen molar-refractivity contribution in [3.8, 4) is 0 Å². The molecular weight excluding hydrogens is 310 g/mol. The lowest BCUT2D eigenvalue weighted by atomic mass is 10.0. The summed E-state index contributed by atoms with van der Waals surface area (Å²) in [5.41, 5.74) is 1.26. The van der Waals surface area contributed by atoms with E-state index in [1.54, 1.807) is 0 Å². The molecule has 0 aromatic heterocycles. The fourth-order valence-corrected chi connectivity index (χ4v) is 3.30. The quantitative estimate of drug-likeness (QED) is 0.856. The normalized spacial score (nSPS) is 20.3. The van der Waals surface area contributed by atoms with Crippen molar-refractivity contribution in [2.75, 3.05) is 5.75 Å². The van der Waals surface area contributed by atoms with Gasteiger partial charge in [-0.2, -0.15) is 0 Å². The number of hydrogen-bond donors (Lipinski definition) is 1. The first-order valence-electron chi connectivity index (χ1n) is 6.25. The Labute approximate surface area is 121 Å². The molecular formula is C14H18BrNOS. The second-order valence-corrected chi connectivity index (χ2v) is 7.01. The van der Waals surface area contributed by atoms with Crippen molar-refractivity contribution in [2.24, 2.45) is 5.92 Å². The smallest absolute Gasteiger partial charge is 0.234 e. The second kappa shape index (κ2) is 6.11. The van der Waals surface area contributed by atoms with E-state index in [1.165, 1.54) is 10.5 Å². The monoisotopic (exact) mass is 327 g/mol. The summed E-state index contributed by atoms with van der Waals surface area (Å²) < 4.78 is 0. The van der Waals surface area contributed by atoms with E-state index in [-0.39, 0.29) is 16.8 Å². The summed E-state index contributed by atoms with van der Waals surface area (Å²) in [7, 11) is 0. The van der Waals surface area contributed by atoms with Gasteiger partial charge in [0.1, 0.15) is 0 Å². The maximum Gasteiger partial charge on any atom is 0.234 e. The molecule has 0 aliphatic carbocycles. The summed E-state index contributed by atoms with van der Waals surface area (Å²) in [6, 6.07) is 8.50. The van der Waals surface area contributed by atoms with Crippen LogP contribution in [-0.2, 0) is 4.79 Å². The van der Waals surface area contributed by atoms with Gasteiger partial charge in [-0.05, 0) is 24.0 Å². The number of amides is 1. The van der Waals surface area contributed by atoms with E-state index in [0.29, 0.717) is 5.92 Å². The van der Waals surface area contributed by atoms with E-state index in [1.807, 2.05) is 31.7 Å². The van der Waals surface area contributed by atoms with Crippen LogP contribution in [0.1, 0.15) is 31.9 Å². The number of nitrogens with one attached hydrogen (secondary N) is 1. The number of benzene rings is 1. The van der Waals surface area contributed by atoms with E-state index >= 15 is 0 Å². The van der Waals surface area contributed by atoms with E-state index in [0.717, 1.165) is 12.2 Å². The van der Waals surface area contributed by atoms with Crippen LogP contribution in [0, 0.1) is 5.92 Å². The zero-order valence-corrected chi connectivity index (χ0v) is 13.1. The molecule has 1 aliphatic rings. The third kappa shape index (κ3) is 3.09. The third-order valence-corrected chi connectivity index (χ3v) is 5.71. The lowest BCUT2D eigenvalue weighted by Crippen LogP contribution is -2.37. The van der Waals surface area contributed by atoms with Crippen molar-refractivity contribution in [1.82, 2.24) is 5.32 Å². The SMILES string of the molecule is CC(C)C(Br)C(=O)NC1CCSc2ccccc21. The molecule has 2 nitrogen and oxygen atoms in total. The molecule has 0 spiro atoms. The van der Waals surface area contributed by atoms with Crippen molar-refractivity contribution in [3.63, 3.8) is 0 Å². The second-order valence-electron chi connectivity index (χ2n) is 4.88. The molecule has 0 saturated heterocycles. The highest BCUT2D eigenvalue weighted by molar-refractivity contribution is 9.10. The zero-order valence-electron chi connectivity index (χ0n) is 10.7. The van der Waals surface area contributed by atoms with Gasteiger partial charge in [0.05, 0.1) is 10.9 Å². The Kier molecular flexibility index (Phi) is 4.73. The van der Waals surface area contributed by atoms with Gasteiger partial charge in [0.15, 0.2) is 0 Å². The summed E-state index contributed by atoms with van der Waals surface area (Å²) in [5.74, 6) is 1.46. The molecule has 0 bridgehead atoms. The standard InChI is InChI=1S/C14H18BrNOS/c1-9(2)13(15)14(17)16-11-7-8-18-12-6-4-3-5-10(11)12/h3-6,9,11,13H,7-8H2,1-2H3,(H,16,17). The molecule has 2 rings (SSSR count). The summed E-state index contributed by atoms with van der Waals surface area (Å²) in [6.07, 6.45) is 1.01. The first-order valence-corrected chi connectivity index (χ1v) is 8.16. The molecule has 1 aromatic carbocycles. The molecule has 0 fully saturated rings. The average Bonchev–Trinajstić information content (AvgIpc) is 2.38. The maximum absolute atomic E-state index is 12.1. The molecule has 0 radical (unpaired) electrons. The fourth-order valence-electron chi connectivity index (χ4n) is 2.05. The first kappa shape index (κ1) is 13.9. The van der Waals surface area contributed by atoms with Crippen molar-refractivity contribution < 1.29 is 4.79 Å². The lowest BCUT2D eigenvalue weighted by Gasteiger charge is -2.27. The van der Waals surface area contributed by atoms with Gasteiger partial charge in [-0.15, -0.1) is 11.8 Å². The van der Waals surface area contributed by atoms with Crippen LogP contribution in [0.4, 0.5) is 0 Å². The molecule has 2 unspecified atom stereocenters. The third-order valence-electron chi connectivity index (χ3n) is 3.11. The Morgan fingerprint density at radius 1 is 1.44 bits per heavy atom. The van der Waals surface area contributed by atoms with Gasteiger partial charge in [0, 0.05) is 10.6 Å². The van der Waals surface area contributed by atoms with Crippen LogP contribution >= 0.6 is 27.7 Å². The molecule has 0 saturated carbocycles. The predicted octanol–water partition coefficient (Wildman–Crippen LogP) is 3.76. The number of halogens is 1. The van der Waals surface area contributed by atoms with Crippen LogP contribution in [0.3, 0.4) is 0 Å². The van der Waals surface area contributed by atoms with Crippen LogP contribution in [0.15, 0.2) is 29.2 Å². The summed E-state index contributed by atoms with van der Waals surface area (Å²) >= 11 is 5.33. The largest absolute Gasteiger partial charge is 0.348 e. The van der Waals surface area contributed by atoms with Crippen molar-refractivity contribution >= 4 is 33.6 Å². The van der Waals surface area contributed by atoms with Crippen LogP contribution < -0.4 is 5.32 Å². The summed E-state index contributed by atoms with van der Waals surface area (Å²) in [5, 5.41) is 3.16. The Morgan fingerprint density at radius 3 is 2.89 bits per heavy atom. The molecule has 2 atom stereocenters. The Morgan fingerprint density at radius 2 is 2.17 bits per heavy atom. The molecule has 1 heterocycles. The number of fused-ring (bicyclic) bond motifs is 1. The van der Waals surface area contributed by atoms with Gasteiger partial charge in [-0.3, -0.25) is 4.79 Å². The number of hydrogen-bond acceptors (Lipinski definition) is 2. The molecule has 98 valence electrons. The Hall–Kier alpha value is -0.480. The molecule has 1 aliphatic heterocycles. The minimum Gasteiger partial charge on any atom is -0.348 e. The number of thioether (sulfide) groups is 1. The summed E-state index contributed by atoms with van der Waals surface area (Å²) in [6.45, 7) is 4.09. The Bertz CT molecular complexity index is 436. The maximum atomic E-state index is 12.1. The number of carbonyl (C=O) groups excluding carboxylic acids is 1. The lowest BCUT2D eigenvalue weighted by molar-refractivity contribution is -0.121. The number of rotatable bonds is 3. The van der Waals surface area contributed by atoms with Crippen LogP contribution in [0.5, 0.6) is 0 Å². The van der Waals surface area contributed by atoms with E-state index in [4.69, 9.17) is 0 Å². The van der Waals surface area contributed by atoms with Gasteiger partial charge in [0.2, 0.25) is 5.91 Å². The van der Waals surface area contributed by atoms with E-state index in [9.17, 15) is 4.79 Å². The highest BCUT2D eigenvalue weighted by Crippen LogP contribution is 2.36. The van der Waals surface area contributed by atoms with E-state index < -0.39 is 0 Å². The van der Waals surface area contributed by atoms with Gasteiger partial charge >= 0.3 is 0 Å². The molecule has 18 heavy (non-hydrogen) atoms.